The minimum Gasteiger partial charge on any atom is -0.296 e. The summed E-state index contributed by atoms with van der Waals surface area (Å²) in [4.78, 5) is 0. The molecule has 0 saturated carbocycles. The van der Waals surface area contributed by atoms with Gasteiger partial charge in [0.25, 0.3) is 0 Å². The maximum Gasteiger partial charge on any atom is 0.0543 e. The Bertz CT molecular complexity index is 1770. The summed E-state index contributed by atoms with van der Waals surface area (Å²) in [5.41, 5.74) is 14.3. The Morgan fingerprint density at radius 1 is 0.634 bits per heavy atom. The topological polar surface area (TPSA) is 12.0 Å². The van der Waals surface area contributed by atoms with Gasteiger partial charge < -0.3 is 0 Å². The van der Waals surface area contributed by atoms with Gasteiger partial charge in [0.2, 0.25) is 0 Å². The van der Waals surface area contributed by atoms with Crippen LogP contribution >= 0.6 is 0 Å². The fraction of sp³-hybridized carbons (Fsp3) is 0.150. The maximum absolute atomic E-state index is 4.60. The van der Waals surface area contributed by atoms with Crippen molar-refractivity contribution in [3.05, 3.63) is 173 Å². The molecule has 7 rings (SSSR count). The van der Waals surface area contributed by atoms with Gasteiger partial charge in [-0.05, 0) is 68.1 Å². The second kappa shape index (κ2) is 10.2. The Labute approximate surface area is 243 Å². The highest BCUT2D eigenvalue weighted by atomic mass is 15.0. The second-order valence-electron chi connectivity index (χ2n) is 11.9. The lowest BCUT2D eigenvalue weighted by Crippen LogP contribution is -2.25. The van der Waals surface area contributed by atoms with E-state index in [-0.39, 0.29) is 17.5 Å². The molecule has 0 saturated heterocycles. The molecule has 1 heterocycles. The monoisotopic (exact) mass is 529 g/mol. The Morgan fingerprint density at radius 2 is 1.24 bits per heavy atom. The first-order valence-corrected chi connectivity index (χ1v) is 14.6. The highest BCUT2D eigenvalue weighted by Crippen LogP contribution is 2.52. The number of fused-ring (bicyclic) bond motifs is 3. The van der Waals surface area contributed by atoms with Gasteiger partial charge in [0.15, 0.2) is 0 Å². The quantitative estimate of drug-likeness (QED) is 0.228. The van der Waals surface area contributed by atoms with E-state index in [9.17, 15) is 0 Å². The van der Waals surface area contributed by atoms with Crippen LogP contribution in [0.2, 0.25) is 0 Å². The molecule has 0 spiro atoms. The predicted molar refractivity (Wildman–Crippen MR) is 173 cm³/mol. The van der Waals surface area contributed by atoms with Crippen LogP contribution in [0.5, 0.6) is 0 Å². The first-order chi connectivity index (χ1) is 20.0. The van der Waals surface area contributed by atoms with Crippen LogP contribution in [0.3, 0.4) is 0 Å². The lowest BCUT2D eigenvalue weighted by atomic mass is 9.78. The summed E-state index contributed by atoms with van der Waals surface area (Å²) in [6.07, 6.45) is 3.24. The molecule has 5 aromatic rings. The van der Waals surface area contributed by atoms with Crippen molar-refractivity contribution in [3.63, 3.8) is 0 Å². The highest BCUT2D eigenvalue weighted by Gasteiger charge is 2.37. The minimum atomic E-state index is -0.0559. The van der Waals surface area contributed by atoms with Crippen molar-refractivity contribution in [1.29, 1.82) is 0 Å². The highest BCUT2D eigenvalue weighted by molar-refractivity contribution is 5.88. The molecule has 1 heteroatoms. The van der Waals surface area contributed by atoms with E-state index < -0.39 is 0 Å². The van der Waals surface area contributed by atoms with Crippen LogP contribution in [0.1, 0.15) is 60.2 Å². The third kappa shape index (κ3) is 4.47. The van der Waals surface area contributed by atoms with Crippen molar-refractivity contribution in [2.75, 3.05) is 0 Å². The summed E-state index contributed by atoms with van der Waals surface area (Å²) in [6.45, 7) is 9.33. The lowest BCUT2D eigenvalue weighted by Gasteiger charge is -2.24. The summed E-state index contributed by atoms with van der Waals surface area (Å²) in [5, 5.41) is 3.92. The second-order valence-corrected chi connectivity index (χ2v) is 11.9. The lowest BCUT2D eigenvalue weighted by molar-refractivity contribution is 0.550. The molecule has 5 aromatic carbocycles. The Morgan fingerprint density at radius 3 is 2.02 bits per heavy atom. The number of allylic oxidation sites excluding steroid dienone is 1. The molecule has 0 bridgehead atoms. The number of hydrogen-bond donors (Lipinski definition) is 1. The van der Waals surface area contributed by atoms with Crippen LogP contribution in [-0.2, 0) is 5.41 Å². The Kier molecular flexibility index (Phi) is 6.33. The molecular formula is C40H35N. The van der Waals surface area contributed by atoms with E-state index >= 15 is 0 Å². The molecule has 2 atom stereocenters. The van der Waals surface area contributed by atoms with Crippen LogP contribution in [0, 0.1) is 0 Å². The molecule has 0 amide bonds. The van der Waals surface area contributed by atoms with E-state index in [0.29, 0.717) is 0 Å². The van der Waals surface area contributed by atoms with Crippen LogP contribution in [0.4, 0.5) is 0 Å². The van der Waals surface area contributed by atoms with Crippen molar-refractivity contribution in [2.45, 2.75) is 37.8 Å². The molecular weight excluding hydrogens is 494 g/mol. The van der Waals surface area contributed by atoms with Crippen LogP contribution in [0.25, 0.3) is 27.8 Å². The van der Waals surface area contributed by atoms with Gasteiger partial charge in [-0.25, -0.2) is 0 Å². The van der Waals surface area contributed by atoms with E-state index in [0.717, 1.165) is 6.42 Å². The third-order valence-corrected chi connectivity index (χ3v) is 8.96. The zero-order chi connectivity index (χ0) is 28.0. The summed E-state index contributed by atoms with van der Waals surface area (Å²) in [7, 11) is 0. The zero-order valence-corrected chi connectivity index (χ0v) is 23.8. The molecule has 1 N–H and O–H groups in total. The number of rotatable bonds is 4. The van der Waals surface area contributed by atoms with Gasteiger partial charge in [-0.1, -0.05) is 153 Å². The summed E-state index contributed by atoms with van der Waals surface area (Å²) in [5.74, 6) is 0. The van der Waals surface area contributed by atoms with Gasteiger partial charge in [0.05, 0.1) is 12.1 Å². The minimum absolute atomic E-state index is 0.0559. The van der Waals surface area contributed by atoms with Gasteiger partial charge in [-0.2, -0.15) is 0 Å². The van der Waals surface area contributed by atoms with Gasteiger partial charge in [0.1, 0.15) is 0 Å². The molecule has 1 aliphatic carbocycles. The van der Waals surface area contributed by atoms with Crippen molar-refractivity contribution in [1.82, 2.24) is 5.32 Å². The SMILES string of the molecule is C=C1CC(c2cccc(-c3cccc4c3C(C)(C)c3ccccc3-4)c2)=CC(c2ccccc2)NC1c1ccccc1. The van der Waals surface area contributed by atoms with E-state index in [2.05, 4.69) is 159 Å². The van der Waals surface area contributed by atoms with Gasteiger partial charge in [0, 0.05) is 5.41 Å². The fourth-order valence-corrected chi connectivity index (χ4v) is 6.96. The maximum atomic E-state index is 4.60. The Hall–Kier alpha value is -4.46. The predicted octanol–water partition coefficient (Wildman–Crippen LogP) is 10.1. The molecule has 41 heavy (non-hydrogen) atoms. The zero-order valence-electron chi connectivity index (χ0n) is 23.8. The summed E-state index contributed by atoms with van der Waals surface area (Å²) < 4.78 is 0. The van der Waals surface area contributed by atoms with Crippen molar-refractivity contribution < 1.29 is 0 Å². The molecule has 1 aliphatic heterocycles. The van der Waals surface area contributed by atoms with Gasteiger partial charge >= 0.3 is 0 Å². The third-order valence-electron chi connectivity index (χ3n) is 8.96. The summed E-state index contributed by atoms with van der Waals surface area (Å²) >= 11 is 0. The molecule has 200 valence electrons. The molecule has 0 fully saturated rings. The van der Waals surface area contributed by atoms with E-state index in [4.69, 9.17) is 0 Å². The van der Waals surface area contributed by atoms with E-state index in [1.54, 1.807) is 0 Å². The number of hydrogen-bond acceptors (Lipinski definition) is 1. The molecule has 0 radical (unpaired) electrons. The summed E-state index contributed by atoms with van der Waals surface area (Å²) in [6, 6.07) is 46.4. The largest absolute Gasteiger partial charge is 0.296 e. The first kappa shape index (κ1) is 25.5. The van der Waals surface area contributed by atoms with Crippen LogP contribution in [0.15, 0.2) is 146 Å². The van der Waals surface area contributed by atoms with Gasteiger partial charge in [-0.15, -0.1) is 0 Å². The smallest absolute Gasteiger partial charge is 0.0543 e. The standard InChI is InChI=1S/C40H35N/c1-27-24-32(26-37(28-14-6-4-7-15-28)41-39(27)29-16-8-5-9-17-29)30-18-12-19-31(25-30)33-21-13-22-35-34-20-10-11-23-36(34)40(2,3)38(33)35/h4-23,25-26,37,39,41H,1,24H2,2-3H3. The van der Waals surface area contributed by atoms with Crippen LogP contribution < -0.4 is 5.32 Å². The fourth-order valence-electron chi connectivity index (χ4n) is 6.96. The van der Waals surface area contributed by atoms with Crippen molar-refractivity contribution >= 4 is 5.57 Å². The first-order valence-electron chi connectivity index (χ1n) is 14.6. The molecule has 1 nitrogen and oxygen atoms in total. The molecule has 0 aromatic heterocycles. The molecule has 2 unspecified atom stereocenters. The van der Waals surface area contributed by atoms with E-state index in [1.807, 2.05) is 0 Å². The van der Waals surface area contributed by atoms with E-state index in [1.165, 1.54) is 61.2 Å². The molecule has 2 aliphatic rings. The van der Waals surface area contributed by atoms with Crippen LogP contribution in [-0.4, -0.2) is 0 Å². The average Bonchev–Trinajstić information content (AvgIpc) is 3.13. The number of nitrogens with one attached hydrogen (secondary N) is 1. The average molecular weight is 530 g/mol. The van der Waals surface area contributed by atoms with Gasteiger partial charge in [-0.3, -0.25) is 5.32 Å². The van der Waals surface area contributed by atoms with Crippen molar-refractivity contribution in [3.8, 4) is 22.3 Å². The number of benzene rings is 5. The Balaban J connectivity index is 1.32. The van der Waals surface area contributed by atoms with Crippen molar-refractivity contribution in [2.24, 2.45) is 0 Å². The normalized spacial score (nSPS) is 19.2.